The van der Waals surface area contributed by atoms with Crippen LogP contribution in [0.4, 0.5) is 4.39 Å². The first-order chi connectivity index (χ1) is 10.6. The SMILES string of the molecule is C[C@@H](N[S+]([O-])C(C)(C)C)c1cc(F)cc2c1OC(C)(CC#N)C2. The van der Waals surface area contributed by atoms with Gasteiger partial charge in [0.15, 0.2) is 0 Å². The lowest BCUT2D eigenvalue weighted by Gasteiger charge is -2.27. The molecule has 1 aliphatic rings. The fourth-order valence-electron chi connectivity index (χ4n) is 2.60. The molecule has 2 unspecified atom stereocenters. The zero-order valence-corrected chi connectivity index (χ0v) is 15.0. The van der Waals surface area contributed by atoms with Crippen molar-refractivity contribution in [1.82, 2.24) is 4.72 Å². The summed E-state index contributed by atoms with van der Waals surface area (Å²) in [6.07, 6.45) is 0.730. The number of ether oxygens (including phenoxy) is 1. The maximum Gasteiger partial charge on any atom is 0.136 e. The van der Waals surface area contributed by atoms with Crippen LogP contribution in [0.25, 0.3) is 0 Å². The molecule has 6 heteroatoms. The smallest absolute Gasteiger partial charge is 0.136 e. The normalized spacial score (nSPS) is 22.9. The van der Waals surface area contributed by atoms with Gasteiger partial charge in [0.2, 0.25) is 0 Å². The monoisotopic (exact) mass is 338 g/mol. The molecule has 4 nitrogen and oxygen atoms in total. The molecule has 0 saturated carbocycles. The Balaban J connectivity index is 2.31. The molecule has 1 N–H and O–H groups in total. The zero-order chi connectivity index (χ0) is 17.4. The number of hydrogen-bond donors (Lipinski definition) is 1. The summed E-state index contributed by atoms with van der Waals surface area (Å²) in [6, 6.07) is 4.65. The van der Waals surface area contributed by atoms with E-state index in [0.29, 0.717) is 17.7 Å². The number of nitrogens with zero attached hydrogens (tertiary/aromatic N) is 1. The Bertz CT molecular complexity index is 639. The van der Waals surface area contributed by atoms with E-state index in [0.717, 1.165) is 5.56 Å². The van der Waals surface area contributed by atoms with Gasteiger partial charge in [-0.3, -0.25) is 0 Å². The highest BCUT2D eigenvalue weighted by Gasteiger charge is 2.38. The summed E-state index contributed by atoms with van der Waals surface area (Å²) in [7, 11) is 0. The number of nitriles is 1. The van der Waals surface area contributed by atoms with Gasteiger partial charge in [-0.2, -0.15) is 5.26 Å². The molecule has 2 rings (SSSR count). The van der Waals surface area contributed by atoms with E-state index in [-0.39, 0.29) is 18.3 Å². The van der Waals surface area contributed by atoms with Gasteiger partial charge in [0, 0.05) is 28.9 Å². The Hall–Kier alpha value is -1.29. The van der Waals surface area contributed by atoms with Crippen LogP contribution in [0.2, 0.25) is 0 Å². The van der Waals surface area contributed by atoms with E-state index in [4.69, 9.17) is 10.00 Å². The second-order valence-electron chi connectivity index (χ2n) is 7.27. The molecule has 0 bridgehead atoms. The molecule has 0 fully saturated rings. The van der Waals surface area contributed by atoms with E-state index in [9.17, 15) is 8.94 Å². The molecular weight excluding hydrogens is 315 g/mol. The minimum absolute atomic E-state index is 0.235. The third kappa shape index (κ3) is 3.97. The van der Waals surface area contributed by atoms with Crippen molar-refractivity contribution in [2.24, 2.45) is 0 Å². The summed E-state index contributed by atoms with van der Waals surface area (Å²) in [5.41, 5.74) is 0.759. The van der Waals surface area contributed by atoms with Crippen molar-refractivity contribution in [2.75, 3.05) is 0 Å². The van der Waals surface area contributed by atoms with Gasteiger partial charge in [0.05, 0.1) is 18.5 Å². The number of nitrogens with one attached hydrogen (secondary N) is 1. The lowest BCUT2D eigenvalue weighted by molar-refractivity contribution is 0.120. The number of halogens is 1. The lowest BCUT2D eigenvalue weighted by atomic mass is 9.95. The molecule has 1 aromatic rings. The minimum atomic E-state index is -1.27. The van der Waals surface area contributed by atoms with Gasteiger partial charge in [-0.25, -0.2) is 4.39 Å². The average Bonchev–Trinajstić information content (AvgIpc) is 2.72. The van der Waals surface area contributed by atoms with Crippen LogP contribution in [-0.4, -0.2) is 14.9 Å². The molecule has 0 saturated heterocycles. The van der Waals surface area contributed by atoms with Crippen LogP contribution in [0.1, 0.15) is 58.2 Å². The van der Waals surface area contributed by atoms with Crippen LogP contribution in [0.3, 0.4) is 0 Å². The van der Waals surface area contributed by atoms with Gasteiger partial charge >= 0.3 is 0 Å². The molecule has 1 aromatic carbocycles. The van der Waals surface area contributed by atoms with Gasteiger partial charge in [0.1, 0.15) is 21.9 Å². The zero-order valence-electron chi connectivity index (χ0n) is 14.2. The summed E-state index contributed by atoms with van der Waals surface area (Å²) in [5, 5.41) is 8.96. The van der Waals surface area contributed by atoms with Gasteiger partial charge in [-0.15, -0.1) is 4.72 Å². The van der Waals surface area contributed by atoms with E-state index in [1.807, 2.05) is 34.6 Å². The van der Waals surface area contributed by atoms with Crippen LogP contribution in [0.5, 0.6) is 5.75 Å². The number of hydrogen-bond acceptors (Lipinski definition) is 4. The van der Waals surface area contributed by atoms with Crippen molar-refractivity contribution >= 4 is 11.4 Å². The molecule has 0 aliphatic carbocycles. The summed E-state index contributed by atoms with van der Waals surface area (Å²) < 4.78 is 34.8. The maximum atomic E-state index is 14.0. The van der Waals surface area contributed by atoms with Crippen LogP contribution >= 0.6 is 0 Å². The molecule has 1 heterocycles. The molecule has 3 atom stereocenters. The Morgan fingerprint density at radius 1 is 1.52 bits per heavy atom. The Morgan fingerprint density at radius 3 is 2.74 bits per heavy atom. The van der Waals surface area contributed by atoms with Gasteiger partial charge in [0.25, 0.3) is 0 Å². The summed E-state index contributed by atoms with van der Waals surface area (Å²) in [5.74, 6) is 0.258. The second-order valence-corrected chi connectivity index (χ2v) is 9.27. The molecule has 0 radical (unpaired) electrons. The summed E-state index contributed by atoms with van der Waals surface area (Å²) >= 11 is -1.27. The van der Waals surface area contributed by atoms with Crippen molar-refractivity contribution in [3.8, 4) is 11.8 Å². The number of rotatable bonds is 4. The largest absolute Gasteiger partial charge is 0.598 e. The summed E-state index contributed by atoms with van der Waals surface area (Å²) in [4.78, 5) is 0. The Labute approximate surface area is 140 Å². The van der Waals surface area contributed by atoms with E-state index in [2.05, 4.69) is 10.8 Å². The van der Waals surface area contributed by atoms with Crippen LogP contribution in [0, 0.1) is 17.1 Å². The molecular formula is C17H23FN2O2S. The van der Waals surface area contributed by atoms with Crippen molar-refractivity contribution in [1.29, 1.82) is 5.26 Å². The Kier molecular flexibility index (Phi) is 4.95. The summed E-state index contributed by atoms with van der Waals surface area (Å²) in [6.45, 7) is 9.31. The first-order valence-electron chi connectivity index (χ1n) is 7.62. The third-order valence-electron chi connectivity index (χ3n) is 3.83. The van der Waals surface area contributed by atoms with Crippen LogP contribution in [0.15, 0.2) is 12.1 Å². The van der Waals surface area contributed by atoms with Gasteiger partial charge in [-0.05, 0) is 46.8 Å². The average molecular weight is 338 g/mol. The number of benzene rings is 1. The van der Waals surface area contributed by atoms with Crippen molar-refractivity contribution in [3.05, 3.63) is 29.1 Å². The maximum absolute atomic E-state index is 14.0. The molecule has 23 heavy (non-hydrogen) atoms. The van der Waals surface area contributed by atoms with Gasteiger partial charge in [-0.1, -0.05) is 0 Å². The number of fused-ring (bicyclic) bond motifs is 1. The fourth-order valence-corrected chi connectivity index (χ4v) is 3.40. The quantitative estimate of drug-likeness (QED) is 0.853. The molecule has 0 spiro atoms. The molecule has 1 aliphatic heterocycles. The predicted octanol–water partition coefficient (Wildman–Crippen LogP) is 3.55. The first kappa shape index (κ1) is 18.1. The van der Waals surface area contributed by atoms with Gasteiger partial charge < -0.3 is 9.29 Å². The van der Waals surface area contributed by atoms with E-state index >= 15 is 0 Å². The van der Waals surface area contributed by atoms with Crippen LogP contribution < -0.4 is 9.46 Å². The highest BCUT2D eigenvalue weighted by molar-refractivity contribution is 7.90. The standard InChI is InChI=1S/C17H23FN2O2S/c1-11(20-23(21)16(2,3)4)14-9-13(18)8-12-10-17(5,6-7-19)22-15(12)14/h8-9,11,20H,6,10H2,1-5H3/t11-,17?,23?/m1/s1. The highest BCUT2D eigenvalue weighted by Crippen LogP contribution is 2.42. The highest BCUT2D eigenvalue weighted by atomic mass is 32.2. The molecule has 0 aromatic heterocycles. The van der Waals surface area contributed by atoms with Crippen LogP contribution in [-0.2, 0) is 17.8 Å². The fraction of sp³-hybridized carbons (Fsp3) is 0.588. The first-order valence-corrected chi connectivity index (χ1v) is 8.77. The van der Waals surface area contributed by atoms with Crippen molar-refractivity contribution in [3.63, 3.8) is 0 Å². The second kappa shape index (κ2) is 6.31. The third-order valence-corrected chi connectivity index (χ3v) is 5.51. The molecule has 126 valence electrons. The minimum Gasteiger partial charge on any atom is -0.598 e. The van der Waals surface area contributed by atoms with Crippen molar-refractivity contribution < 1.29 is 13.7 Å². The Morgan fingerprint density at radius 2 is 2.17 bits per heavy atom. The molecule has 0 amide bonds. The topological polar surface area (TPSA) is 68.1 Å². The predicted molar refractivity (Wildman–Crippen MR) is 88.8 cm³/mol. The van der Waals surface area contributed by atoms with E-state index < -0.39 is 21.7 Å². The van der Waals surface area contributed by atoms with E-state index in [1.54, 1.807) is 0 Å². The lowest BCUT2D eigenvalue weighted by Crippen LogP contribution is -2.40. The van der Waals surface area contributed by atoms with Crippen molar-refractivity contribution in [2.45, 2.75) is 63.9 Å². The van der Waals surface area contributed by atoms with E-state index in [1.165, 1.54) is 12.1 Å².